The van der Waals surface area contributed by atoms with Crippen LogP contribution in [-0.2, 0) is 0 Å². The van der Waals surface area contributed by atoms with Crippen LogP contribution in [0, 0.1) is 0 Å². The van der Waals surface area contributed by atoms with Crippen molar-refractivity contribution in [3.8, 4) is 11.5 Å². The van der Waals surface area contributed by atoms with Crippen molar-refractivity contribution in [2.45, 2.75) is 12.5 Å². The second kappa shape index (κ2) is 4.22. The number of anilines is 1. The van der Waals surface area contributed by atoms with Crippen molar-refractivity contribution < 1.29 is 0 Å². The largest absolute Gasteiger partial charge is 0.338 e. The smallest absolute Gasteiger partial charge is 0.264 e. The average molecular weight is 247 g/mol. The van der Waals surface area contributed by atoms with Crippen molar-refractivity contribution in [3.63, 3.8) is 0 Å². The molecular weight excluding hydrogens is 234 g/mol. The molecule has 0 saturated carbocycles. The Balaban J connectivity index is 1.85. The van der Waals surface area contributed by atoms with Crippen LogP contribution in [0.1, 0.15) is 6.42 Å². The maximum atomic E-state index is 10.9. The van der Waals surface area contributed by atoms with Crippen LogP contribution in [0.4, 0.5) is 5.95 Å². The lowest BCUT2D eigenvalue weighted by Gasteiger charge is -2.11. The third-order valence-electron chi connectivity index (χ3n) is 2.90. The summed E-state index contributed by atoms with van der Waals surface area (Å²) in [6.07, 6.45) is 0.945. The van der Waals surface area contributed by atoms with Crippen LogP contribution in [0.25, 0.3) is 11.5 Å². The van der Waals surface area contributed by atoms with Crippen molar-refractivity contribution in [2.24, 2.45) is 5.73 Å². The van der Waals surface area contributed by atoms with Crippen LogP contribution in [0.15, 0.2) is 16.9 Å². The Hall–Kier alpha value is -2.22. The first kappa shape index (κ1) is 10.9. The number of hydrogen-bond donors (Lipinski definition) is 3. The molecule has 1 atom stereocenters. The van der Waals surface area contributed by atoms with Gasteiger partial charge in [0.2, 0.25) is 5.95 Å². The highest BCUT2D eigenvalue weighted by Crippen LogP contribution is 2.17. The van der Waals surface area contributed by atoms with E-state index in [1.807, 2.05) is 4.90 Å². The average Bonchev–Trinajstić information content (AvgIpc) is 2.98. The monoisotopic (exact) mass is 247 g/mol. The Morgan fingerprint density at radius 3 is 2.89 bits per heavy atom. The molecule has 1 saturated heterocycles. The number of H-pyrrole nitrogens is 2. The fourth-order valence-corrected chi connectivity index (χ4v) is 1.95. The second-order valence-corrected chi connectivity index (χ2v) is 4.29. The maximum absolute atomic E-state index is 10.9. The summed E-state index contributed by atoms with van der Waals surface area (Å²) in [6.45, 7) is 1.62. The quantitative estimate of drug-likeness (QED) is 0.632. The maximum Gasteiger partial charge on any atom is 0.264 e. The van der Waals surface area contributed by atoms with Gasteiger partial charge in [-0.25, -0.2) is 5.10 Å². The Morgan fingerprint density at radius 2 is 2.22 bits per heavy atom. The molecule has 8 nitrogen and oxygen atoms in total. The molecule has 1 fully saturated rings. The first-order valence-corrected chi connectivity index (χ1v) is 5.71. The van der Waals surface area contributed by atoms with E-state index in [0.717, 1.165) is 19.5 Å². The standard InChI is InChI=1S/C10H13N7O/c11-6-3-4-17(5-6)10-12-9(15-16-10)7-1-2-8(18)14-13-7/h1-2,6H,3-5,11H2,(H,14,18)(H,12,15,16). The van der Waals surface area contributed by atoms with Crippen LogP contribution in [0.3, 0.4) is 0 Å². The third kappa shape index (κ3) is 1.97. The van der Waals surface area contributed by atoms with Crippen LogP contribution in [0.5, 0.6) is 0 Å². The Kier molecular flexibility index (Phi) is 2.56. The minimum absolute atomic E-state index is 0.179. The summed E-state index contributed by atoms with van der Waals surface area (Å²) < 4.78 is 0. The normalized spacial score (nSPS) is 19.4. The summed E-state index contributed by atoms with van der Waals surface area (Å²) >= 11 is 0. The molecule has 18 heavy (non-hydrogen) atoms. The summed E-state index contributed by atoms with van der Waals surface area (Å²) in [4.78, 5) is 17.3. The van der Waals surface area contributed by atoms with Gasteiger partial charge in [-0.15, -0.1) is 5.10 Å². The molecule has 1 aliphatic heterocycles. The summed E-state index contributed by atoms with van der Waals surface area (Å²) in [7, 11) is 0. The molecule has 1 unspecified atom stereocenters. The SMILES string of the molecule is NC1CCN(c2n[nH]c(-c3ccc(=O)[nH]n3)n2)C1. The summed E-state index contributed by atoms with van der Waals surface area (Å²) in [5.41, 5.74) is 6.14. The highest BCUT2D eigenvalue weighted by Gasteiger charge is 2.22. The minimum atomic E-state index is -0.246. The lowest BCUT2D eigenvalue weighted by atomic mass is 10.3. The van der Waals surface area contributed by atoms with Gasteiger partial charge in [0.1, 0.15) is 5.69 Å². The van der Waals surface area contributed by atoms with Crippen LogP contribution < -0.4 is 16.2 Å². The summed E-state index contributed by atoms with van der Waals surface area (Å²) in [6, 6.07) is 3.17. The molecule has 4 N–H and O–H groups in total. The van der Waals surface area contributed by atoms with Crippen LogP contribution in [0.2, 0.25) is 0 Å². The van der Waals surface area contributed by atoms with E-state index in [-0.39, 0.29) is 11.6 Å². The van der Waals surface area contributed by atoms with Crippen molar-refractivity contribution in [1.82, 2.24) is 25.4 Å². The fraction of sp³-hybridized carbons (Fsp3) is 0.400. The van der Waals surface area contributed by atoms with E-state index in [1.165, 1.54) is 6.07 Å². The predicted molar refractivity (Wildman–Crippen MR) is 65.0 cm³/mol. The third-order valence-corrected chi connectivity index (χ3v) is 2.90. The highest BCUT2D eigenvalue weighted by atomic mass is 16.1. The molecule has 1 aliphatic rings. The molecule has 0 aromatic carbocycles. The highest BCUT2D eigenvalue weighted by molar-refractivity contribution is 5.50. The van der Waals surface area contributed by atoms with E-state index >= 15 is 0 Å². The molecule has 0 amide bonds. The Morgan fingerprint density at radius 1 is 1.33 bits per heavy atom. The molecule has 94 valence electrons. The van der Waals surface area contributed by atoms with Gasteiger partial charge in [0.05, 0.1) is 0 Å². The molecule has 8 heteroatoms. The van der Waals surface area contributed by atoms with Crippen molar-refractivity contribution >= 4 is 5.95 Å². The van der Waals surface area contributed by atoms with Crippen molar-refractivity contribution in [2.75, 3.05) is 18.0 Å². The lowest BCUT2D eigenvalue weighted by molar-refractivity contribution is 0.750. The molecular formula is C10H13N7O. The van der Waals surface area contributed by atoms with Gasteiger partial charge >= 0.3 is 0 Å². The van der Waals surface area contributed by atoms with Gasteiger partial charge in [-0.1, -0.05) is 0 Å². The van der Waals surface area contributed by atoms with Gasteiger partial charge < -0.3 is 10.6 Å². The van der Waals surface area contributed by atoms with Crippen molar-refractivity contribution in [1.29, 1.82) is 0 Å². The lowest BCUT2D eigenvalue weighted by Crippen LogP contribution is -2.26. The van der Waals surface area contributed by atoms with Gasteiger partial charge in [-0.05, 0) is 12.5 Å². The topological polar surface area (TPSA) is 117 Å². The number of nitrogens with one attached hydrogen (secondary N) is 2. The molecule has 2 aromatic rings. The first-order valence-electron chi connectivity index (χ1n) is 5.71. The molecule has 3 rings (SSSR count). The minimum Gasteiger partial charge on any atom is -0.338 e. The summed E-state index contributed by atoms with van der Waals surface area (Å²) in [5.74, 6) is 1.15. The molecule has 2 aromatic heterocycles. The number of nitrogens with two attached hydrogens (primary N) is 1. The molecule has 0 bridgehead atoms. The zero-order valence-electron chi connectivity index (χ0n) is 9.63. The van der Waals surface area contributed by atoms with E-state index < -0.39 is 0 Å². The van der Waals surface area contributed by atoms with Gasteiger partial charge in [0, 0.05) is 25.2 Å². The first-order chi connectivity index (χ1) is 8.72. The zero-order chi connectivity index (χ0) is 12.5. The number of aromatic amines is 2. The molecule has 3 heterocycles. The van der Waals surface area contributed by atoms with Crippen molar-refractivity contribution in [3.05, 3.63) is 22.5 Å². The van der Waals surface area contributed by atoms with Gasteiger partial charge in [-0.3, -0.25) is 9.89 Å². The predicted octanol–water partition coefficient (Wildman–Crippen LogP) is -0.908. The van der Waals surface area contributed by atoms with E-state index in [0.29, 0.717) is 17.5 Å². The summed E-state index contributed by atoms with van der Waals surface area (Å²) in [5, 5.41) is 13.2. The zero-order valence-corrected chi connectivity index (χ0v) is 9.63. The molecule has 0 spiro atoms. The van der Waals surface area contributed by atoms with Crippen LogP contribution >= 0.6 is 0 Å². The second-order valence-electron chi connectivity index (χ2n) is 4.29. The van der Waals surface area contributed by atoms with E-state index in [2.05, 4.69) is 25.4 Å². The number of nitrogens with zero attached hydrogens (tertiary/aromatic N) is 4. The van der Waals surface area contributed by atoms with Gasteiger partial charge in [-0.2, -0.15) is 10.1 Å². The van der Waals surface area contributed by atoms with E-state index in [9.17, 15) is 4.79 Å². The number of hydrogen-bond acceptors (Lipinski definition) is 6. The Bertz CT molecular complexity index is 584. The fourth-order valence-electron chi connectivity index (χ4n) is 1.95. The van der Waals surface area contributed by atoms with E-state index in [4.69, 9.17) is 5.73 Å². The van der Waals surface area contributed by atoms with Gasteiger partial charge in [0.15, 0.2) is 5.82 Å². The number of aromatic nitrogens is 5. The molecule has 0 aliphatic carbocycles. The molecule has 0 radical (unpaired) electrons. The van der Waals surface area contributed by atoms with E-state index in [1.54, 1.807) is 6.07 Å². The van der Waals surface area contributed by atoms with Crippen LogP contribution in [-0.4, -0.2) is 44.5 Å². The Labute approximate surface area is 102 Å². The number of rotatable bonds is 2. The van der Waals surface area contributed by atoms with Gasteiger partial charge in [0.25, 0.3) is 5.56 Å².